The molecule has 0 aromatic heterocycles. The van der Waals surface area contributed by atoms with Crippen LogP contribution in [-0.2, 0) is 14.3 Å². The Morgan fingerprint density at radius 2 is 2.00 bits per heavy atom. The zero-order chi connectivity index (χ0) is 12.8. The first-order valence-electron chi connectivity index (χ1n) is 4.78. The summed E-state index contributed by atoms with van der Waals surface area (Å²) in [5, 5.41) is 7.66. The van der Waals surface area contributed by atoms with Crippen molar-refractivity contribution in [2.45, 2.75) is 10.1 Å². The normalized spacial score (nSPS) is 11.6. The van der Waals surface area contributed by atoms with Crippen molar-refractivity contribution in [2.75, 3.05) is 7.11 Å². The number of carbonyl (C=O) groups excluding carboxylic acids is 1. The summed E-state index contributed by atoms with van der Waals surface area (Å²) in [6, 6.07) is 7.07. The number of hydrogen-bond acceptors (Lipinski definition) is 4. The topological polar surface area (TPSA) is 63.6 Å². The van der Waals surface area contributed by atoms with Gasteiger partial charge in [0.1, 0.15) is 0 Å². The van der Waals surface area contributed by atoms with Crippen molar-refractivity contribution in [3.63, 3.8) is 0 Å². The number of carboxylic acids is 1. The second kappa shape index (κ2) is 6.10. The third kappa shape index (κ3) is 3.64. The number of aliphatic carboxylic acids is 1. The van der Waals surface area contributed by atoms with Crippen LogP contribution in [0.15, 0.2) is 35.7 Å². The minimum absolute atomic E-state index is 0.688. The third-order valence-electron chi connectivity index (χ3n) is 2.01. The number of carbonyl (C=O) groups is 2. The molecule has 0 aliphatic heterocycles. The van der Waals surface area contributed by atoms with E-state index in [-0.39, 0.29) is 0 Å². The van der Waals surface area contributed by atoms with E-state index < -0.39 is 17.2 Å². The zero-order valence-electron chi connectivity index (χ0n) is 9.25. The highest BCUT2D eigenvalue weighted by Gasteiger charge is 2.28. The van der Waals surface area contributed by atoms with Crippen molar-refractivity contribution in [3.8, 4) is 0 Å². The standard InChI is InChI=1S/C12H12O4S/c1-3-8-4-6-9(7-5-8)17-10(11(13)14)12(15)16-2/h3-7,10H,1H2,2H3,(H,13,14). The Hall–Kier alpha value is -1.75. The Balaban J connectivity index is 2.82. The van der Waals surface area contributed by atoms with Gasteiger partial charge in [-0.3, -0.25) is 9.59 Å². The maximum absolute atomic E-state index is 11.2. The lowest BCUT2D eigenvalue weighted by Gasteiger charge is -2.09. The highest BCUT2D eigenvalue weighted by molar-refractivity contribution is 8.01. The molecule has 0 saturated carbocycles. The lowest BCUT2D eigenvalue weighted by molar-refractivity contribution is -0.148. The maximum Gasteiger partial charge on any atom is 0.330 e. The predicted octanol–water partition coefficient (Wildman–Crippen LogP) is 2.05. The quantitative estimate of drug-likeness (QED) is 0.493. The number of esters is 1. The molecule has 0 radical (unpaired) electrons. The van der Waals surface area contributed by atoms with E-state index in [0.717, 1.165) is 17.3 Å². The summed E-state index contributed by atoms with van der Waals surface area (Å²) in [4.78, 5) is 22.8. The first-order chi connectivity index (χ1) is 8.08. The van der Waals surface area contributed by atoms with Gasteiger partial charge in [-0.15, -0.1) is 0 Å². The van der Waals surface area contributed by atoms with Gasteiger partial charge >= 0.3 is 11.9 Å². The predicted molar refractivity (Wildman–Crippen MR) is 65.8 cm³/mol. The molecule has 1 atom stereocenters. The molecule has 90 valence electrons. The smallest absolute Gasteiger partial charge is 0.330 e. The van der Waals surface area contributed by atoms with Crippen LogP contribution in [0.2, 0.25) is 0 Å². The van der Waals surface area contributed by atoms with E-state index in [9.17, 15) is 9.59 Å². The van der Waals surface area contributed by atoms with Gasteiger partial charge in [-0.2, -0.15) is 0 Å². The van der Waals surface area contributed by atoms with E-state index in [4.69, 9.17) is 5.11 Å². The summed E-state index contributed by atoms with van der Waals surface area (Å²) in [6.07, 6.45) is 1.68. The number of methoxy groups -OCH3 is 1. The van der Waals surface area contributed by atoms with Crippen LogP contribution in [0.3, 0.4) is 0 Å². The van der Waals surface area contributed by atoms with Crippen LogP contribution in [0.1, 0.15) is 5.56 Å². The highest BCUT2D eigenvalue weighted by atomic mass is 32.2. The number of benzene rings is 1. The second-order valence-electron chi connectivity index (χ2n) is 3.13. The Labute approximate surface area is 103 Å². The van der Waals surface area contributed by atoms with E-state index in [1.807, 2.05) is 0 Å². The molecule has 1 unspecified atom stereocenters. The number of thioether (sulfide) groups is 1. The minimum atomic E-state index is -1.24. The molecule has 0 heterocycles. The van der Waals surface area contributed by atoms with Crippen molar-refractivity contribution in [3.05, 3.63) is 36.4 Å². The van der Waals surface area contributed by atoms with E-state index in [1.54, 1.807) is 30.3 Å². The molecular weight excluding hydrogens is 240 g/mol. The first kappa shape index (κ1) is 13.3. The SMILES string of the molecule is C=Cc1ccc(SC(C(=O)O)C(=O)OC)cc1. The van der Waals surface area contributed by atoms with Gasteiger partial charge in [0.15, 0.2) is 0 Å². The Morgan fingerprint density at radius 3 is 2.41 bits per heavy atom. The van der Waals surface area contributed by atoms with Crippen molar-refractivity contribution < 1.29 is 19.4 Å². The number of ether oxygens (including phenoxy) is 1. The first-order valence-corrected chi connectivity index (χ1v) is 5.66. The monoisotopic (exact) mass is 252 g/mol. The molecule has 0 aliphatic rings. The maximum atomic E-state index is 11.2. The van der Waals surface area contributed by atoms with Crippen LogP contribution >= 0.6 is 11.8 Å². The molecule has 5 heteroatoms. The van der Waals surface area contributed by atoms with Gasteiger partial charge in [-0.25, -0.2) is 0 Å². The van der Waals surface area contributed by atoms with E-state index in [1.165, 1.54) is 7.11 Å². The molecule has 0 aliphatic carbocycles. The van der Waals surface area contributed by atoms with Crippen LogP contribution in [0, 0.1) is 0 Å². The van der Waals surface area contributed by atoms with Crippen molar-refractivity contribution in [1.82, 2.24) is 0 Å². The van der Waals surface area contributed by atoms with E-state index in [0.29, 0.717) is 4.90 Å². The Bertz CT molecular complexity index is 425. The fourth-order valence-corrected chi connectivity index (χ4v) is 1.98. The lowest BCUT2D eigenvalue weighted by atomic mass is 10.2. The Kier molecular flexibility index (Phi) is 4.78. The van der Waals surface area contributed by atoms with Crippen LogP contribution in [0.5, 0.6) is 0 Å². The summed E-state index contributed by atoms with van der Waals surface area (Å²) in [7, 11) is 1.17. The molecule has 17 heavy (non-hydrogen) atoms. The zero-order valence-corrected chi connectivity index (χ0v) is 10.1. The minimum Gasteiger partial charge on any atom is -0.480 e. The molecule has 0 bridgehead atoms. The molecule has 1 rings (SSSR count). The van der Waals surface area contributed by atoms with Gasteiger partial charge < -0.3 is 9.84 Å². The summed E-state index contributed by atoms with van der Waals surface area (Å²) >= 11 is 0.940. The van der Waals surface area contributed by atoms with E-state index in [2.05, 4.69) is 11.3 Å². The molecule has 4 nitrogen and oxygen atoms in total. The molecule has 1 aromatic carbocycles. The summed E-state index contributed by atoms with van der Waals surface area (Å²) in [5.74, 6) is -1.98. The Morgan fingerprint density at radius 1 is 1.41 bits per heavy atom. The molecule has 1 N–H and O–H groups in total. The second-order valence-corrected chi connectivity index (χ2v) is 4.31. The van der Waals surface area contributed by atoms with Crippen molar-refractivity contribution in [1.29, 1.82) is 0 Å². The molecule has 1 aromatic rings. The number of hydrogen-bond donors (Lipinski definition) is 1. The van der Waals surface area contributed by atoms with Gasteiger partial charge in [-0.05, 0) is 17.7 Å². The van der Waals surface area contributed by atoms with Crippen LogP contribution in [-0.4, -0.2) is 29.4 Å². The fourth-order valence-electron chi connectivity index (χ4n) is 1.12. The summed E-state index contributed by atoms with van der Waals surface area (Å²) in [5.41, 5.74) is 0.930. The highest BCUT2D eigenvalue weighted by Crippen LogP contribution is 2.25. The molecule has 0 spiro atoms. The van der Waals surface area contributed by atoms with Gasteiger partial charge in [0.2, 0.25) is 5.25 Å². The molecule has 0 amide bonds. The van der Waals surface area contributed by atoms with Gasteiger partial charge in [0.25, 0.3) is 0 Å². The fraction of sp³-hybridized carbons (Fsp3) is 0.167. The van der Waals surface area contributed by atoms with Crippen LogP contribution in [0.4, 0.5) is 0 Å². The third-order valence-corrected chi connectivity index (χ3v) is 3.18. The van der Waals surface area contributed by atoms with E-state index >= 15 is 0 Å². The average molecular weight is 252 g/mol. The molecular formula is C12H12O4S. The number of carboxylic acid groups (broad SMARTS) is 1. The van der Waals surface area contributed by atoms with Gasteiger partial charge in [0.05, 0.1) is 7.11 Å². The molecule has 0 fully saturated rings. The summed E-state index contributed by atoms with van der Waals surface area (Å²) < 4.78 is 4.43. The van der Waals surface area contributed by atoms with Gasteiger partial charge in [0, 0.05) is 4.90 Å². The number of rotatable bonds is 5. The average Bonchev–Trinajstić information content (AvgIpc) is 2.35. The van der Waals surface area contributed by atoms with Crippen molar-refractivity contribution in [2.24, 2.45) is 0 Å². The van der Waals surface area contributed by atoms with Crippen molar-refractivity contribution >= 4 is 29.8 Å². The lowest BCUT2D eigenvalue weighted by Crippen LogP contribution is -2.27. The molecule has 0 saturated heterocycles. The van der Waals surface area contributed by atoms with Crippen LogP contribution in [0.25, 0.3) is 6.08 Å². The summed E-state index contributed by atoms with van der Waals surface area (Å²) in [6.45, 7) is 3.62. The van der Waals surface area contributed by atoms with Gasteiger partial charge in [-0.1, -0.05) is 36.5 Å². The largest absolute Gasteiger partial charge is 0.480 e. The van der Waals surface area contributed by atoms with Crippen LogP contribution < -0.4 is 0 Å².